The van der Waals surface area contributed by atoms with Crippen molar-refractivity contribution in [1.82, 2.24) is 9.97 Å². The van der Waals surface area contributed by atoms with Crippen molar-refractivity contribution >= 4 is 16.9 Å². The summed E-state index contributed by atoms with van der Waals surface area (Å²) in [5.41, 5.74) is 1.81. The molecule has 0 spiro atoms. The fraction of sp³-hybridized carbons (Fsp3) is 0.333. The molecular formula is C12H14N4O. The van der Waals surface area contributed by atoms with Crippen molar-refractivity contribution in [3.05, 3.63) is 35.7 Å². The molecule has 1 aliphatic heterocycles. The van der Waals surface area contributed by atoms with Gasteiger partial charge in [0.15, 0.2) is 0 Å². The van der Waals surface area contributed by atoms with E-state index in [-0.39, 0.29) is 0 Å². The first-order valence-electron chi connectivity index (χ1n) is 5.81. The highest BCUT2D eigenvalue weighted by atomic mass is 16.5. The maximum Gasteiger partial charge on any atom is 0.148 e. The average molecular weight is 230 g/mol. The van der Waals surface area contributed by atoms with Crippen LogP contribution < -0.4 is 9.96 Å². The highest BCUT2D eigenvalue weighted by Gasteiger charge is 2.16. The van der Waals surface area contributed by atoms with Gasteiger partial charge in [-0.2, -0.15) is 0 Å². The zero-order valence-corrected chi connectivity index (χ0v) is 9.47. The first kappa shape index (κ1) is 10.4. The van der Waals surface area contributed by atoms with Crippen LogP contribution in [0.3, 0.4) is 0 Å². The van der Waals surface area contributed by atoms with Crippen molar-refractivity contribution in [2.75, 3.05) is 31.1 Å². The van der Waals surface area contributed by atoms with E-state index in [1.165, 1.54) is 0 Å². The smallest absolute Gasteiger partial charge is 0.148 e. The van der Waals surface area contributed by atoms with Crippen LogP contribution in [0.25, 0.3) is 11.0 Å². The largest absolute Gasteiger partial charge is 0.634 e. The maximum atomic E-state index is 11.2. The second kappa shape index (κ2) is 4.27. The second-order valence-electron chi connectivity index (χ2n) is 4.24. The van der Waals surface area contributed by atoms with Gasteiger partial charge in [0.2, 0.25) is 0 Å². The van der Waals surface area contributed by atoms with Gasteiger partial charge in [0.25, 0.3) is 0 Å². The zero-order valence-electron chi connectivity index (χ0n) is 9.47. The summed E-state index contributed by atoms with van der Waals surface area (Å²) in [5, 5.41) is 11.5. The molecule has 88 valence electrons. The molecule has 2 heterocycles. The maximum absolute atomic E-state index is 11.2. The predicted octanol–water partition coefficient (Wildman–Crippen LogP) is -0.167. The van der Waals surface area contributed by atoms with Gasteiger partial charge >= 0.3 is 0 Å². The topological polar surface area (TPSA) is 56.5 Å². The number of anilines is 1. The molecule has 5 heteroatoms. The number of nitrogens with zero attached hydrogens (tertiary/aromatic N) is 3. The van der Waals surface area contributed by atoms with Crippen LogP contribution in [0.1, 0.15) is 0 Å². The molecule has 0 saturated carbocycles. The Bertz CT molecular complexity index is 523. The molecule has 1 aliphatic rings. The summed E-state index contributed by atoms with van der Waals surface area (Å²) in [6.07, 6.45) is 1.79. The molecular weight excluding hydrogens is 216 g/mol. The van der Waals surface area contributed by atoms with Gasteiger partial charge in [0.1, 0.15) is 5.82 Å². The normalized spacial score (nSPS) is 17.6. The fourth-order valence-corrected chi connectivity index (χ4v) is 2.09. The third kappa shape index (κ3) is 2.07. The number of aromatic nitrogens is 2. The summed E-state index contributed by atoms with van der Waals surface area (Å²) in [5.74, 6) is 0.871. The van der Waals surface area contributed by atoms with Crippen LogP contribution in [0, 0.1) is 5.21 Å². The summed E-state index contributed by atoms with van der Waals surface area (Å²) >= 11 is 0. The second-order valence-corrected chi connectivity index (χ2v) is 4.24. The van der Waals surface area contributed by atoms with Gasteiger partial charge in [-0.15, -0.1) is 0 Å². The Labute approximate surface area is 99.3 Å². The van der Waals surface area contributed by atoms with Crippen LogP contribution in [0.2, 0.25) is 0 Å². The lowest BCUT2D eigenvalue weighted by Gasteiger charge is -2.34. The highest BCUT2D eigenvalue weighted by Crippen LogP contribution is 2.14. The molecule has 0 amide bonds. The lowest BCUT2D eigenvalue weighted by Crippen LogP contribution is -3.10. The van der Waals surface area contributed by atoms with Crippen molar-refractivity contribution in [1.29, 1.82) is 0 Å². The molecule has 1 aromatic carbocycles. The van der Waals surface area contributed by atoms with Crippen molar-refractivity contribution < 1.29 is 5.06 Å². The van der Waals surface area contributed by atoms with E-state index in [9.17, 15) is 5.21 Å². The molecule has 17 heavy (non-hydrogen) atoms. The number of fused-ring (bicyclic) bond motifs is 1. The Morgan fingerprint density at radius 2 is 1.82 bits per heavy atom. The standard InChI is InChI=1S/C12H14N4O/c17-16-7-5-15(6-8-16)12-9-13-10-3-1-2-4-11(10)14-12/h1-4,9,16H,5-8H2. The van der Waals surface area contributed by atoms with Crippen molar-refractivity contribution in [3.63, 3.8) is 0 Å². The van der Waals surface area contributed by atoms with E-state index in [4.69, 9.17) is 0 Å². The molecule has 3 rings (SSSR count). The molecule has 1 N–H and O–H groups in total. The molecule has 0 radical (unpaired) electrons. The zero-order chi connectivity index (χ0) is 11.7. The van der Waals surface area contributed by atoms with Crippen LogP contribution in [-0.2, 0) is 0 Å². The van der Waals surface area contributed by atoms with Crippen LogP contribution in [0.15, 0.2) is 30.5 Å². The summed E-state index contributed by atoms with van der Waals surface area (Å²) in [6.45, 7) is 2.75. The van der Waals surface area contributed by atoms with Gasteiger partial charge in [-0.05, 0) is 12.1 Å². The minimum atomic E-state index is 0.343. The van der Waals surface area contributed by atoms with Crippen LogP contribution in [-0.4, -0.2) is 36.1 Å². The average Bonchev–Trinajstić information content (AvgIpc) is 2.39. The van der Waals surface area contributed by atoms with Crippen molar-refractivity contribution in [3.8, 4) is 0 Å². The van der Waals surface area contributed by atoms with E-state index in [0.29, 0.717) is 18.2 Å². The predicted molar refractivity (Wildman–Crippen MR) is 65.8 cm³/mol. The number of nitrogens with one attached hydrogen (secondary N) is 1. The highest BCUT2D eigenvalue weighted by molar-refractivity contribution is 5.75. The van der Waals surface area contributed by atoms with Crippen LogP contribution in [0.5, 0.6) is 0 Å². The lowest BCUT2D eigenvalue weighted by atomic mass is 10.3. The molecule has 0 unspecified atom stereocenters. The number of benzene rings is 1. The van der Waals surface area contributed by atoms with Crippen molar-refractivity contribution in [2.45, 2.75) is 0 Å². The van der Waals surface area contributed by atoms with E-state index in [0.717, 1.165) is 29.9 Å². The Balaban J connectivity index is 1.90. The molecule has 0 atom stereocenters. The fourth-order valence-electron chi connectivity index (χ4n) is 2.09. The number of para-hydroxylation sites is 2. The van der Waals surface area contributed by atoms with E-state index >= 15 is 0 Å². The van der Waals surface area contributed by atoms with E-state index in [1.807, 2.05) is 24.3 Å². The first-order valence-corrected chi connectivity index (χ1v) is 5.81. The van der Waals surface area contributed by atoms with Crippen LogP contribution in [0.4, 0.5) is 5.82 Å². The monoisotopic (exact) mass is 230 g/mol. The Kier molecular flexibility index (Phi) is 2.62. The molecule has 0 bridgehead atoms. The minimum absolute atomic E-state index is 0.343. The number of hydrogen-bond acceptors (Lipinski definition) is 4. The Morgan fingerprint density at radius 3 is 2.59 bits per heavy atom. The Morgan fingerprint density at radius 1 is 1.12 bits per heavy atom. The molecule has 5 nitrogen and oxygen atoms in total. The third-order valence-corrected chi connectivity index (χ3v) is 3.08. The molecule has 2 aromatic rings. The SMILES string of the molecule is [O-][NH+]1CCN(c2cnc3ccccc3n2)CC1. The van der Waals surface area contributed by atoms with Gasteiger partial charge in [0.05, 0.1) is 43.4 Å². The van der Waals surface area contributed by atoms with Gasteiger partial charge in [-0.25, -0.2) is 4.98 Å². The summed E-state index contributed by atoms with van der Waals surface area (Å²) < 4.78 is 0. The van der Waals surface area contributed by atoms with Gasteiger partial charge < -0.3 is 15.2 Å². The number of quaternary nitrogens is 1. The number of piperazine rings is 1. The van der Waals surface area contributed by atoms with E-state index < -0.39 is 0 Å². The number of hydrogen-bond donors (Lipinski definition) is 1. The summed E-state index contributed by atoms with van der Waals surface area (Å²) in [7, 11) is 0. The van der Waals surface area contributed by atoms with Gasteiger partial charge in [0, 0.05) is 0 Å². The molecule has 1 aromatic heterocycles. The number of hydroxylamine groups is 2. The van der Waals surface area contributed by atoms with Gasteiger partial charge in [-0.1, -0.05) is 12.1 Å². The molecule has 1 saturated heterocycles. The quantitative estimate of drug-likeness (QED) is 0.691. The number of rotatable bonds is 1. The Hall–Kier alpha value is -1.72. The molecule has 0 aliphatic carbocycles. The van der Waals surface area contributed by atoms with Crippen LogP contribution >= 0.6 is 0 Å². The summed E-state index contributed by atoms with van der Waals surface area (Å²) in [4.78, 5) is 11.1. The van der Waals surface area contributed by atoms with Gasteiger partial charge in [-0.3, -0.25) is 4.98 Å². The third-order valence-electron chi connectivity index (χ3n) is 3.08. The lowest BCUT2D eigenvalue weighted by molar-refractivity contribution is -0.848. The summed E-state index contributed by atoms with van der Waals surface area (Å²) in [6, 6.07) is 7.82. The first-order chi connectivity index (χ1) is 8.33. The van der Waals surface area contributed by atoms with Crippen molar-refractivity contribution in [2.24, 2.45) is 0 Å². The van der Waals surface area contributed by atoms with E-state index in [1.54, 1.807) is 6.20 Å². The molecule has 1 fully saturated rings. The van der Waals surface area contributed by atoms with E-state index in [2.05, 4.69) is 14.9 Å². The minimum Gasteiger partial charge on any atom is -0.634 e.